The molecule has 2 rings (SSSR count). The predicted octanol–water partition coefficient (Wildman–Crippen LogP) is 1.50. The fraction of sp³-hybridized carbons (Fsp3) is 0.700. The zero-order valence-electron chi connectivity index (χ0n) is 8.33. The minimum absolute atomic E-state index is 0.639. The Balaban J connectivity index is 2.12. The predicted molar refractivity (Wildman–Crippen MR) is 52.7 cm³/mol. The van der Waals surface area contributed by atoms with Crippen LogP contribution in [0.25, 0.3) is 0 Å². The van der Waals surface area contributed by atoms with Crippen molar-refractivity contribution in [3.05, 3.63) is 18.2 Å². The molecule has 1 aliphatic heterocycles. The molecule has 0 aliphatic carbocycles. The first-order valence-corrected chi connectivity index (χ1v) is 4.99. The topological polar surface area (TPSA) is 29.9 Å². The van der Waals surface area contributed by atoms with E-state index in [1.165, 1.54) is 18.5 Å². The van der Waals surface area contributed by atoms with Crippen LogP contribution in [-0.4, -0.2) is 22.1 Å². The summed E-state index contributed by atoms with van der Waals surface area (Å²) in [5.74, 6) is 0. The summed E-state index contributed by atoms with van der Waals surface area (Å²) in [5, 5.41) is 3.46. The number of aryl methyl sites for hydroxylation is 1. The first-order chi connectivity index (χ1) is 6.27. The molecule has 3 heteroatoms. The van der Waals surface area contributed by atoms with Crippen LogP contribution >= 0.6 is 0 Å². The summed E-state index contributed by atoms with van der Waals surface area (Å²) in [7, 11) is 0. The number of nitrogens with one attached hydrogen (secondary N) is 1. The van der Waals surface area contributed by atoms with Crippen LogP contribution in [0.3, 0.4) is 0 Å². The fourth-order valence-electron chi connectivity index (χ4n) is 2.11. The van der Waals surface area contributed by atoms with Crippen molar-refractivity contribution in [1.29, 1.82) is 0 Å². The molecule has 3 nitrogen and oxygen atoms in total. The van der Waals surface area contributed by atoms with Crippen LogP contribution < -0.4 is 5.32 Å². The number of nitrogens with zero attached hydrogens (tertiary/aromatic N) is 2. The molecular formula is C10H17N3. The Kier molecular flexibility index (Phi) is 2.36. The second kappa shape index (κ2) is 3.50. The fourth-order valence-corrected chi connectivity index (χ4v) is 2.11. The van der Waals surface area contributed by atoms with Crippen LogP contribution in [0, 0.1) is 6.92 Å². The average Bonchev–Trinajstić information content (AvgIpc) is 2.51. The highest BCUT2D eigenvalue weighted by Gasteiger charge is 2.19. The molecule has 2 atom stereocenters. The Labute approximate surface area is 79.2 Å². The van der Waals surface area contributed by atoms with Crippen molar-refractivity contribution in [2.24, 2.45) is 0 Å². The molecule has 1 aromatic rings. The van der Waals surface area contributed by atoms with Crippen molar-refractivity contribution in [3.63, 3.8) is 0 Å². The van der Waals surface area contributed by atoms with Gasteiger partial charge in [0.1, 0.15) is 0 Å². The maximum Gasteiger partial charge on any atom is 0.0950 e. The summed E-state index contributed by atoms with van der Waals surface area (Å²) >= 11 is 0. The second-order valence-electron chi connectivity index (χ2n) is 3.98. The van der Waals surface area contributed by atoms with Crippen LogP contribution in [-0.2, 0) is 0 Å². The summed E-state index contributed by atoms with van der Waals surface area (Å²) in [6.07, 6.45) is 6.34. The van der Waals surface area contributed by atoms with Gasteiger partial charge in [0.25, 0.3) is 0 Å². The van der Waals surface area contributed by atoms with E-state index in [2.05, 4.69) is 28.7 Å². The molecule has 0 spiro atoms. The van der Waals surface area contributed by atoms with Gasteiger partial charge in [-0.1, -0.05) is 0 Å². The molecule has 1 aliphatic rings. The molecule has 0 saturated carbocycles. The van der Waals surface area contributed by atoms with Crippen LogP contribution in [0.4, 0.5) is 0 Å². The van der Waals surface area contributed by atoms with E-state index >= 15 is 0 Å². The van der Waals surface area contributed by atoms with Gasteiger partial charge in [-0.2, -0.15) is 0 Å². The van der Waals surface area contributed by atoms with Crippen molar-refractivity contribution >= 4 is 0 Å². The Morgan fingerprint density at radius 1 is 1.62 bits per heavy atom. The Morgan fingerprint density at radius 3 is 3.08 bits per heavy atom. The normalized spacial score (nSPS) is 29.1. The summed E-state index contributed by atoms with van der Waals surface area (Å²) in [5.41, 5.74) is 1.28. The van der Waals surface area contributed by atoms with E-state index in [1.54, 1.807) is 0 Å². The maximum absolute atomic E-state index is 4.16. The number of hydrogen-bond donors (Lipinski definition) is 1. The number of aromatic nitrogens is 2. The lowest BCUT2D eigenvalue weighted by atomic mass is 10.0. The third kappa shape index (κ3) is 1.75. The summed E-state index contributed by atoms with van der Waals surface area (Å²) in [4.78, 5) is 4.16. The molecule has 0 amide bonds. The van der Waals surface area contributed by atoms with Crippen molar-refractivity contribution in [2.45, 2.75) is 38.8 Å². The van der Waals surface area contributed by atoms with E-state index in [0.717, 1.165) is 6.54 Å². The third-order valence-corrected chi connectivity index (χ3v) is 2.85. The number of imidazole rings is 1. The zero-order chi connectivity index (χ0) is 9.26. The van der Waals surface area contributed by atoms with Crippen LogP contribution in [0.2, 0.25) is 0 Å². The monoisotopic (exact) mass is 179 g/mol. The van der Waals surface area contributed by atoms with Gasteiger partial charge in [0.05, 0.1) is 6.33 Å². The second-order valence-corrected chi connectivity index (χ2v) is 3.98. The highest BCUT2D eigenvalue weighted by Crippen LogP contribution is 2.22. The van der Waals surface area contributed by atoms with E-state index in [4.69, 9.17) is 0 Å². The minimum atomic E-state index is 0.639. The Morgan fingerprint density at radius 2 is 2.46 bits per heavy atom. The lowest BCUT2D eigenvalue weighted by Gasteiger charge is -2.29. The molecule has 1 N–H and O–H groups in total. The van der Waals surface area contributed by atoms with Crippen molar-refractivity contribution in [2.75, 3.05) is 6.54 Å². The van der Waals surface area contributed by atoms with Crippen molar-refractivity contribution in [3.8, 4) is 0 Å². The summed E-state index contributed by atoms with van der Waals surface area (Å²) < 4.78 is 2.30. The molecule has 0 aromatic carbocycles. The first kappa shape index (κ1) is 8.75. The zero-order valence-corrected chi connectivity index (χ0v) is 8.33. The number of hydrogen-bond acceptors (Lipinski definition) is 2. The van der Waals surface area contributed by atoms with E-state index in [9.17, 15) is 0 Å². The molecule has 0 radical (unpaired) electrons. The average molecular weight is 179 g/mol. The molecule has 2 unspecified atom stereocenters. The molecule has 0 bridgehead atoms. The van der Waals surface area contributed by atoms with Gasteiger partial charge in [-0.3, -0.25) is 0 Å². The highest BCUT2D eigenvalue weighted by atomic mass is 15.1. The van der Waals surface area contributed by atoms with E-state index < -0.39 is 0 Å². The Hall–Kier alpha value is -0.830. The molecule has 1 saturated heterocycles. The smallest absolute Gasteiger partial charge is 0.0950 e. The van der Waals surface area contributed by atoms with E-state index in [0.29, 0.717) is 12.1 Å². The maximum atomic E-state index is 4.16. The van der Waals surface area contributed by atoms with Gasteiger partial charge in [0, 0.05) is 24.0 Å². The molecule has 72 valence electrons. The number of piperidine rings is 1. The SMILES string of the molecule is Cc1cncn1C1CCNC(C)C1. The van der Waals surface area contributed by atoms with Gasteiger partial charge in [0.15, 0.2) is 0 Å². The van der Waals surface area contributed by atoms with Gasteiger partial charge in [0.2, 0.25) is 0 Å². The largest absolute Gasteiger partial charge is 0.332 e. The third-order valence-electron chi connectivity index (χ3n) is 2.85. The summed E-state index contributed by atoms with van der Waals surface area (Å²) in [6, 6.07) is 1.29. The van der Waals surface area contributed by atoms with Crippen molar-refractivity contribution in [1.82, 2.24) is 14.9 Å². The van der Waals surface area contributed by atoms with Gasteiger partial charge < -0.3 is 9.88 Å². The molecular weight excluding hydrogens is 162 g/mol. The van der Waals surface area contributed by atoms with E-state index in [-0.39, 0.29) is 0 Å². The van der Waals surface area contributed by atoms with Gasteiger partial charge >= 0.3 is 0 Å². The lowest BCUT2D eigenvalue weighted by Crippen LogP contribution is -2.36. The van der Waals surface area contributed by atoms with Gasteiger partial charge in [-0.05, 0) is 33.2 Å². The minimum Gasteiger partial charge on any atom is -0.332 e. The standard InChI is InChI=1S/C10H17N3/c1-8-5-10(3-4-12-8)13-7-11-6-9(13)2/h6-8,10,12H,3-5H2,1-2H3. The van der Waals surface area contributed by atoms with Crippen molar-refractivity contribution < 1.29 is 0 Å². The first-order valence-electron chi connectivity index (χ1n) is 4.99. The van der Waals surface area contributed by atoms with Gasteiger partial charge in [-0.15, -0.1) is 0 Å². The Bertz CT molecular complexity index is 279. The van der Waals surface area contributed by atoms with Crippen LogP contribution in [0.5, 0.6) is 0 Å². The quantitative estimate of drug-likeness (QED) is 0.708. The van der Waals surface area contributed by atoms with Crippen LogP contribution in [0.1, 0.15) is 31.5 Å². The highest BCUT2D eigenvalue weighted by molar-refractivity contribution is 4.98. The molecule has 1 aromatic heterocycles. The summed E-state index contributed by atoms with van der Waals surface area (Å²) in [6.45, 7) is 5.50. The van der Waals surface area contributed by atoms with Crippen LogP contribution in [0.15, 0.2) is 12.5 Å². The molecule has 1 fully saturated rings. The molecule has 13 heavy (non-hydrogen) atoms. The number of rotatable bonds is 1. The lowest BCUT2D eigenvalue weighted by molar-refractivity contribution is 0.310. The van der Waals surface area contributed by atoms with E-state index in [1.807, 2.05) is 12.5 Å². The van der Waals surface area contributed by atoms with Gasteiger partial charge in [-0.25, -0.2) is 4.98 Å². The molecule has 2 heterocycles.